The van der Waals surface area contributed by atoms with Gasteiger partial charge in [0, 0.05) is 69.4 Å². The van der Waals surface area contributed by atoms with E-state index in [9.17, 15) is 0 Å². The van der Waals surface area contributed by atoms with Crippen LogP contribution in [0.4, 0.5) is 0 Å². The monoisotopic (exact) mass is 462 g/mol. The first-order valence-electron chi connectivity index (χ1n) is 9.12. The summed E-state index contributed by atoms with van der Waals surface area (Å²) in [6, 6.07) is 7.75. The third-order valence-corrected chi connectivity index (χ3v) is 3.65. The Balaban J connectivity index is 0.00000364. The zero-order chi connectivity index (χ0) is 18.8. The minimum atomic E-state index is -0.389. The van der Waals surface area contributed by atoms with Crippen molar-refractivity contribution in [3.63, 3.8) is 0 Å². The molecule has 2 rings (SSSR count). The molecule has 2 aromatic heterocycles. The van der Waals surface area contributed by atoms with Gasteiger partial charge in [0.05, 0.1) is 11.4 Å². The minimum absolute atomic E-state index is 0. The molecule has 150 valence electrons. The summed E-state index contributed by atoms with van der Waals surface area (Å²) in [4.78, 5) is 8.99. The van der Waals surface area contributed by atoms with E-state index in [1.165, 1.54) is 0 Å². The molecule has 2 heterocycles. The molecule has 0 amide bonds. The van der Waals surface area contributed by atoms with Gasteiger partial charge in [0.2, 0.25) is 0 Å². The first-order chi connectivity index (χ1) is 12.7. The number of rotatable bonds is 11. The van der Waals surface area contributed by atoms with Crippen molar-refractivity contribution in [1.29, 1.82) is 0 Å². The zero-order valence-electron chi connectivity index (χ0n) is 16.3. The standard InChI is InChI=1S/C20H28N2O4.Ru/c1-5-23-19(24-6-2)15-9-11-17(21-13-15)18-12-10-16(14-22-18)20(25-7-3)26-8-4;/h9-14,19-20H,5-8H2,1-4H3;. The van der Waals surface area contributed by atoms with E-state index < -0.39 is 0 Å². The van der Waals surface area contributed by atoms with Gasteiger partial charge in [0.1, 0.15) is 0 Å². The number of nitrogens with zero attached hydrogens (tertiary/aromatic N) is 2. The van der Waals surface area contributed by atoms with Crippen molar-refractivity contribution in [2.45, 2.75) is 40.3 Å². The predicted octanol–water partition coefficient (Wildman–Crippen LogP) is 4.28. The third-order valence-electron chi connectivity index (χ3n) is 3.65. The quantitative estimate of drug-likeness (QED) is 0.368. The van der Waals surface area contributed by atoms with Gasteiger partial charge in [0.15, 0.2) is 12.6 Å². The molecular weight excluding hydrogens is 433 g/mol. The second-order valence-electron chi connectivity index (χ2n) is 5.44. The average Bonchev–Trinajstić information content (AvgIpc) is 2.68. The van der Waals surface area contributed by atoms with E-state index in [1.54, 1.807) is 12.4 Å². The third kappa shape index (κ3) is 7.02. The molecule has 0 saturated carbocycles. The Kier molecular flexibility index (Phi) is 11.5. The molecule has 27 heavy (non-hydrogen) atoms. The Morgan fingerprint density at radius 1 is 0.630 bits per heavy atom. The van der Waals surface area contributed by atoms with Crippen LogP contribution in [0.3, 0.4) is 0 Å². The molecule has 2 aromatic rings. The van der Waals surface area contributed by atoms with E-state index in [1.807, 2.05) is 52.0 Å². The molecule has 0 fully saturated rings. The van der Waals surface area contributed by atoms with E-state index in [2.05, 4.69) is 9.97 Å². The Bertz CT molecular complexity index is 568. The van der Waals surface area contributed by atoms with Crippen LogP contribution in [-0.2, 0) is 38.4 Å². The van der Waals surface area contributed by atoms with Gasteiger partial charge in [0.25, 0.3) is 0 Å². The minimum Gasteiger partial charge on any atom is -0.349 e. The number of hydrogen-bond donors (Lipinski definition) is 0. The molecule has 0 saturated heterocycles. The van der Waals surface area contributed by atoms with Crippen molar-refractivity contribution in [1.82, 2.24) is 9.97 Å². The largest absolute Gasteiger partial charge is 0.349 e. The summed E-state index contributed by atoms with van der Waals surface area (Å²) in [6.45, 7) is 10.1. The van der Waals surface area contributed by atoms with Crippen LogP contribution < -0.4 is 0 Å². The summed E-state index contributed by atoms with van der Waals surface area (Å²) < 4.78 is 22.4. The Hall–Kier alpha value is -1.24. The molecule has 0 aliphatic carbocycles. The summed E-state index contributed by atoms with van der Waals surface area (Å²) in [5.41, 5.74) is 3.36. The van der Waals surface area contributed by atoms with Crippen LogP contribution in [-0.4, -0.2) is 36.4 Å². The molecule has 0 unspecified atom stereocenters. The van der Waals surface area contributed by atoms with E-state index in [-0.39, 0.29) is 32.1 Å². The fraction of sp³-hybridized carbons (Fsp3) is 0.500. The SMILES string of the molecule is CCOC(OCC)c1ccc(-c2ccc(C(OCC)OCC)cn2)nc1.[Ru]. The van der Waals surface area contributed by atoms with Crippen LogP contribution in [0.2, 0.25) is 0 Å². The van der Waals surface area contributed by atoms with E-state index >= 15 is 0 Å². The molecule has 0 spiro atoms. The van der Waals surface area contributed by atoms with Crippen LogP contribution in [0.15, 0.2) is 36.7 Å². The van der Waals surface area contributed by atoms with Gasteiger partial charge in [-0.2, -0.15) is 0 Å². The second-order valence-corrected chi connectivity index (χ2v) is 5.44. The fourth-order valence-electron chi connectivity index (χ4n) is 2.48. The number of hydrogen-bond acceptors (Lipinski definition) is 6. The van der Waals surface area contributed by atoms with Crippen LogP contribution in [0.5, 0.6) is 0 Å². The zero-order valence-corrected chi connectivity index (χ0v) is 18.1. The maximum atomic E-state index is 5.60. The van der Waals surface area contributed by atoms with Crippen LogP contribution in [0.1, 0.15) is 51.4 Å². The van der Waals surface area contributed by atoms with E-state index in [0.29, 0.717) is 26.4 Å². The van der Waals surface area contributed by atoms with Crippen LogP contribution in [0, 0.1) is 0 Å². The number of aromatic nitrogens is 2. The number of ether oxygens (including phenoxy) is 4. The molecule has 0 atom stereocenters. The second kappa shape index (κ2) is 13.0. The first-order valence-corrected chi connectivity index (χ1v) is 9.12. The Labute approximate surface area is 174 Å². The average molecular weight is 462 g/mol. The van der Waals surface area contributed by atoms with Gasteiger partial charge < -0.3 is 18.9 Å². The normalized spacial score (nSPS) is 11.0. The van der Waals surface area contributed by atoms with Crippen molar-refractivity contribution in [3.05, 3.63) is 47.8 Å². The topological polar surface area (TPSA) is 62.7 Å². The fourth-order valence-corrected chi connectivity index (χ4v) is 2.48. The van der Waals surface area contributed by atoms with Gasteiger partial charge >= 0.3 is 0 Å². The van der Waals surface area contributed by atoms with Crippen LogP contribution in [0.25, 0.3) is 11.4 Å². The molecule has 6 nitrogen and oxygen atoms in total. The molecule has 0 radical (unpaired) electrons. The van der Waals surface area contributed by atoms with Gasteiger partial charge in [-0.25, -0.2) is 0 Å². The van der Waals surface area contributed by atoms with Crippen molar-refractivity contribution >= 4 is 0 Å². The van der Waals surface area contributed by atoms with Crippen molar-refractivity contribution in [2.24, 2.45) is 0 Å². The van der Waals surface area contributed by atoms with Crippen molar-refractivity contribution in [2.75, 3.05) is 26.4 Å². The van der Waals surface area contributed by atoms with Crippen molar-refractivity contribution in [3.8, 4) is 11.4 Å². The van der Waals surface area contributed by atoms with Crippen molar-refractivity contribution < 1.29 is 38.4 Å². The predicted molar refractivity (Wildman–Crippen MR) is 99.5 cm³/mol. The molecule has 0 aliphatic heterocycles. The molecule has 0 N–H and O–H groups in total. The molecule has 7 heteroatoms. The molecule has 0 aromatic carbocycles. The summed E-state index contributed by atoms with van der Waals surface area (Å²) in [7, 11) is 0. The van der Waals surface area contributed by atoms with Gasteiger partial charge in [-0.3, -0.25) is 9.97 Å². The maximum Gasteiger partial charge on any atom is 0.185 e. The summed E-state index contributed by atoms with van der Waals surface area (Å²) >= 11 is 0. The van der Waals surface area contributed by atoms with E-state index in [4.69, 9.17) is 18.9 Å². The van der Waals surface area contributed by atoms with E-state index in [0.717, 1.165) is 22.5 Å². The summed E-state index contributed by atoms with van der Waals surface area (Å²) in [5, 5.41) is 0. The maximum absolute atomic E-state index is 5.60. The van der Waals surface area contributed by atoms with Gasteiger partial charge in [-0.1, -0.05) is 12.1 Å². The Morgan fingerprint density at radius 3 is 1.19 bits per heavy atom. The Morgan fingerprint density at radius 2 is 0.963 bits per heavy atom. The summed E-state index contributed by atoms with van der Waals surface area (Å²) in [6.07, 6.45) is 2.76. The number of pyridine rings is 2. The van der Waals surface area contributed by atoms with Gasteiger partial charge in [-0.05, 0) is 39.8 Å². The van der Waals surface area contributed by atoms with Crippen LogP contribution >= 0.6 is 0 Å². The molecular formula is C20H28N2O4Ru. The molecule has 0 aliphatic rings. The smallest absolute Gasteiger partial charge is 0.185 e. The summed E-state index contributed by atoms with van der Waals surface area (Å²) in [5.74, 6) is 0. The molecule has 0 bridgehead atoms. The van der Waals surface area contributed by atoms with Gasteiger partial charge in [-0.15, -0.1) is 0 Å². The first kappa shape index (κ1) is 23.8.